The molecule has 0 bridgehead atoms. The van der Waals surface area contributed by atoms with E-state index in [4.69, 9.17) is 5.73 Å². The van der Waals surface area contributed by atoms with Crippen LogP contribution in [0.15, 0.2) is 18.3 Å². The van der Waals surface area contributed by atoms with Crippen LogP contribution in [0.1, 0.15) is 48.7 Å². The third-order valence-corrected chi connectivity index (χ3v) is 4.28. The minimum atomic E-state index is -0.344. The summed E-state index contributed by atoms with van der Waals surface area (Å²) in [5.41, 5.74) is 7.21. The monoisotopic (exact) mass is 246 g/mol. The van der Waals surface area contributed by atoms with E-state index < -0.39 is 0 Å². The third-order valence-electron chi connectivity index (χ3n) is 4.28. The molecule has 1 saturated carbocycles. The van der Waals surface area contributed by atoms with E-state index in [-0.39, 0.29) is 11.2 Å². The summed E-state index contributed by atoms with van der Waals surface area (Å²) in [7, 11) is 0. The number of aromatic nitrogens is 1. The first-order chi connectivity index (χ1) is 8.57. The lowest BCUT2D eigenvalue weighted by Gasteiger charge is -2.37. The van der Waals surface area contributed by atoms with E-state index in [1.165, 1.54) is 0 Å². The number of Topliss-reactive ketones (excluding diaryl/α,β-unsaturated/α-hetero) is 1. The Balaban J connectivity index is 2.22. The van der Waals surface area contributed by atoms with Crippen molar-refractivity contribution in [2.24, 2.45) is 17.1 Å². The normalized spacial score (nSPS) is 28.1. The molecule has 0 spiro atoms. The Kier molecular flexibility index (Phi) is 3.81. The molecule has 0 aromatic carbocycles. The van der Waals surface area contributed by atoms with Crippen LogP contribution in [0.4, 0.5) is 0 Å². The van der Waals surface area contributed by atoms with Gasteiger partial charge in [0.1, 0.15) is 0 Å². The molecule has 0 aliphatic heterocycles. The number of nitrogens with two attached hydrogens (primary N) is 1. The van der Waals surface area contributed by atoms with Crippen molar-refractivity contribution >= 4 is 5.78 Å². The fourth-order valence-electron chi connectivity index (χ4n) is 2.75. The highest BCUT2D eigenvalue weighted by atomic mass is 16.1. The molecule has 2 rings (SSSR count). The first kappa shape index (κ1) is 13.2. The average molecular weight is 246 g/mol. The van der Waals surface area contributed by atoms with Crippen LogP contribution >= 0.6 is 0 Å². The minimum absolute atomic E-state index is 0.185. The van der Waals surface area contributed by atoms with Crippen LogP contribution in [-0.2, 0) is 0 Å². The van der Waals surface area contributed by atoms with Gasteiger partial charge in [-0.05, 0) is 50.7 Å². The molecule has 2 N–H and O–H groups in total. The predicted molar refractivity (Wildman–Crippen MR) is 72.4 cm³/mol. The largest absolute Gasteiger partial charge is 0.329 e. The van der Waals surface area contributed by atoms with Gasteiger partial charge in [0.15, 0.2) is 5.78 Å². The number of hydrogen-bond donors (Lipinski definition) is 1. The number of aryl methyl sites for hydroxylation is 1. The molecule has 1 heterocycles. The quantitative estimate of drug-likeness (QED) is 0.834. The number of ketones is 1. The molecule has 0 unspecified atom stereocenters. The molecule has 3 nitrogen and oxygen atoms in total. The molecule has 1 aromatic heterocycles. The molecule has 1 aromatic rings. The second-order valence-corrected chi connectivity index (χ2v) is 5.68. The fraction of sp³-hybridized carbons (Fsp3) is 0.600. The number of carbonyl (C=O) groups is 1. The van der Waals surface area contributed by atoms with Gasteiger partial charge in [-0.1, -0.05) is 6.92 Å². The van der Waals surface area contributed by atoms with E-state index in [0.717, 1.165) is 31.4 Å². The number of carbonyl (C=O) groups excluding carboxylic acids is 1. The van der Waals surface area contributed by atoms with Crippen LogP contribution in [0.5, 0.6) is 0 Å². The first-order valence-corrected chi connectivity index (χ1v) is 6.75. The molecule has 98 valence electrons. The zero-order valence-electron chi connectivity index (χ0n) is 11.3. The lowest BCUT2D eigenvalue weighted by atomic mass is 9.67. The Morgan fingerprint density at radius 2 is 2.11 bits per heavy atom. The number of pyridine rings is 1. The Labute approximate surface area is 109 Å². The van der Waals surface area contributed by atoms with Crippen molar-refractivity contribution in [1.29, 1.82) is 0 Å². The second kappa shape index (κ2) is 5.19. The molecule has 3 heteroatoms. The molecular weight excluding hydrogens is 224 g/mol. The van der Waals surface area contributed by atoms with Crippen LogP contribution in [0, 0.1) is 18.3 Å². The molecule has 0 atom stereocenters. The van der Waals surface area contributed by atoms with Crippen LogP contribution in [0.3, 0.4) is 0 Å². The van der Waals surface area contributed by atoms with Crippen LogP contribution in [0.25, 0.3) is 0 Å². The van der Waals surface area contributed by atoms with Gasteiger partial charge >= 0.3 is 0 Å². The maximum absolute atomic E-state index is 12.7. The SMILES string of the molecule is Cc1ccc(C(=O)C2(CN)CCC(C)CC2)cn1. The summed E-state index contributed by atoms with van der Waals surface area (Å²) in [5, 5.41) is 0. The Hall–Kier alpha value is -1.22. The summed E-state index contributed by atoms with van der Waals surface area (Å²) < 4.78 is 0. The van der Waals surface area contributed by atoms with Crippen LogP contribution in [-0.4, -0.2) is 17.3 Å². The van der Waals surface area contributed by atoms with Crippen molar-refractivity contribution in [1.82, 2.24) is 4.98 Å². The van der Waals surface area contributed by atoms with Gasteiger partial charge in [-0.15, -0.1) is 0 Å². The fourth-order valence-corrected chi connectivity index (χ4v) is 2.75. The van der Waals surface area contributed by atoms with Crippen LogP contribution in [0.2, 0.25) is 0 Å². The standard InChI is InChI=1S/C15H22N2O/c1-11-5-7-15(10-16,8-6-11)14(18)13-4-3-12(2)17-9-13/h3-4,9,11H,5-8,10,16H2,1-2H3. The Bertz CT molecular complexity index is 417. The average Bonchev–Trinajstić information content (AvgIpc) is 2.40. The van der Waals surface area contributed by atoms with Crippen LogP contribution < -0.4 is 5.73 Å². The first-order valence-electron chi connectivity index (χ1n) is 6.75. The predicted octanol–water partition coefficient (Wildman–Crippen LogP) is 2.73. The van der Waals surface area contributed by atoms with Crippen molar-refractivity contribution in [3.05, 3.63) is 29.6 Å². The van der Waals surface area contributed by atoms with Crippen molar-refractivity contribution in [3.8, 4) is 0 Å². The second-order valence-electron chi connectivity index (χ2n) is 5.68. The molecule has 0 radical (unpaired) electrons. The highest BCUT2D eigenvalue weighted by Gasteiger charge is 2.40. The Morgan fingerprint density at radius 1 is 1.44 bits per heavy atom. The summed E-state index contributed by atoms with van der Waals surface area (Å²) in [6.45, 7) is 4.63. The summed E-state index contributed by atoms with van der Waals surface area (Å²) in [4.78, 5) is 16.9. The Morgan fingerprint density at radius 3 is 2.61 bits per heavy atom. The number of rotatable bonds is 3. The molecule has 1 fully saturated rings. The molecular formula is C15H22N2O. The summed E-state index contributed by atoms with van der Waals surface area (Å²) in [6, 6.07) is 3.77. The molecule has 1 aliphatic carbocycles. The topological polar surface area (TPSA) is 56.0 Å². The van der Waals surface area contributed by atoms with Gasteiger partial charge in [-0.2, -0.15) is 0 Å². The molecule has 0 saturated heterocycles. The van der Waals surface area contributed by atoms with Crippen molar-refractivity contribution in [3.63, 3.8) is 0 Å². The van der Waals surface area contributed by atoms with Crippen molar-refractivity contribution in [2.75, 3.05) is 6.54 Å². The summed E-state index contributed by atoms with van der Waals surface area (Å²) in [5.74, 6) is 0.901. The third kappa shape index (κ3) is 2.46. The summed E-state index contributed by atoms with van der Waals surface area (Å²) >= 11 is 0. The maximum atomic E-state index is 12.7. The van der Waals surface area contributed by atoms with E-state index in [1.54, 1.807) is 6.20 Å². The number of nitrogens with zero attached hydrogens (tertiary/aromatic N) is 1. The molecule has 1 aliphatic rings. The minimum Gasteiger partial charge on any atom is -0.329 e. The van der Waals surface area contributed by atoms with E-state index in [0.29, 0.717) is 18.0 Å². The maximum Gasteiger partial charge on any atom is 0.171 e. The zero-order chi connectivity index (χ0) is 13.2. The van der Waals surface area contributed by atoms with E-state index in [2.05, 4.69) is 11.9 Å². The molecule has 18 heavy (non-hydrogen) atoms. The lowest BCUT2D eigenvalue weighted by molar-refractivity contribution is 0.0695. The van der Waals surface area contributed by atoms with Gasteiger partial charge in [0.2, 0.25) is 0 Å². The number of hydrogen-bond acceptors (Lipinski definition) is 3. The van der Waals surface area contributed by atoms with Gasteiger partial charge in [0.05, 0.1) is 0 Å². The van der Waals surface area contributed by atoms with Gasteiger partial charge in [0, 0.05) is 29.4 Å². The highest BCUT2D eigenvalue weighted by Crippen LogP contribution is 2.40. The van der Waals surface area contributed by atoms with E-state index in [1.807, 2.05) is 19.1 Å². The smallest absolute Gasteiger partial charge is 0.171 e. The lowest BCUT2D eigenvalue weighted by Crippen LogP contribution is -2.41. The summed E-state index contributed by atoms with van der Waals surface area (Å²) in [6.07, 6.45) is 5.71. The van der Waals surface area contributed by atoms with Gasteiger partial charge < -0.3 is 5.73 Å². The van der Waals surface area contributed by atoms with Gasteiger partial charge in [-0.3, -0.25) is 9.78 Å². The highest BCUT2D eigenvalue weighted by molar-refractivity contribution is 6.00. The zero-order valence-corrected chi connectivity index (χ0v) is 11.3. The van der Waals surface area contributed by atoms with Gasteiger partial charge in [0.25, 0.3) is 0 Å². The van der Waals surface area contributed by atoms with Crippen molar-refractivity contribution < 1.29 is 4.79 Å². The molecule has 0 amide bonds. The van der Waals surface area contributed by atoms with E-state index >= 15 is 0 Å². The van der Waals surface area contributed by atoms with E-state index in [9.17, 15) is 4.79 Å². The van der Waals surface area contributed by atoms with Crippen molar-refractivity contribution in [2.45, 2.75) is 39.5 Å². The van der Waals surface area contributed by atoms with Gasteiger partial charge in [-0.25, -0.2) is 0 Å².